The number of hydrogen-bond donors (Lipinski definition) is 0. The van der Waals surface area contributed by atoms with Crippen molar-refractivity contribution in [2.75, 3.05) is 0 Å². The molecule has 0 amide bonds. The van der Waals surface area contributed by atoms with E-state index in [1.165, 1.54) is 4.68 Å². The largest absolute Gasteiger partial charge is 0.292 e. The first-order chi connectivity index (χ1) is 6.88. The van der Waals surface area contributed by atoms with Crippen LogP contribution in [0.25, 0.3) is 0 Å². The van der Waals surface area contributed by atoms with Crippen molar-refractivity contribution < 1.29 is 4.79 Å². The minimum absolute atomic E-state index is 0.00194. The number of nitrogens with zero attached hydrogens (tertiary/aromatic N) is 3. The first-order valence-electron chi connectivity index (χ1n) is 4.86. The molecule has 0 fully saturated rings. The Balaban J connectivity index is 3.13. The monoisotopic (exact) mass is 205 g/mol. The Morgan fingerprint density at radius 3 is 2.67 bits per heavy atom. The molecule has 0 radical (unpaired) electrons. The van der Waals surface area contributed by atoms with Gasteiger partial charge in [-0.15, -0.1) is 0 Å². The second-order valence-corrected chi connectivity index (χ2v) is 4.55. The predicted octanol–water partition coefficient (Wildman–Crippen LogP) is 2.20. The molecule has 4 nitrogen and oxygen atoms in total. The van der Waals surface area contributed by atoms with E-state index in [4.69, 9.17) is 5.26 Å². The van der Waals surface area contributed by atoms with Crippen molar-refractivity contribution in [3.8, 4) is 6.07 Å². The zero-order valence-corrected chi connectivity index (χ0v) is 9.48. The number of rotatable bonds is 2. The molecule has 0 spiro atoms. The third kappa shape index (κ3) is 2.24. The van der Waals surface area contributed by atoms with Crippen LogP contribution in [0.5, 0.6) is 0 Å². The van der Waals surface area contributed by atoms with E-state index in [-0.39, 0.29) is 5.78 Å². The molecule has 80 valence electrons. The summed E-state index contributed by atoms with van der Waals surface area (Å²) in [5.41, 5.74) is 0.0454. The van der Waals surface area contributed by atoms with Gasteiger partial charge in [-0.2, -0.15) is 10.4 Å². The zero-order valence-electron chi connectivity index (χ0n) is 9.48. The lowest BCUT2D eigenvalue weighted by atomic mass is 9.89. The van der Waals surface area contributed by atoms with Gasteiger partial charge in [-0.3, -0.25) is 4.79 Å². The van der Waals surface area contributed by atoms with Gasteiger partial charge in [-0.1, -0.05) is 20.8 Å². The molecular formula is C11H15N3O. The van der Waals surface area contributed by atoms with E-state index in [1.54, 1.807) is 19.2 Å². The maximum absolute atomic E-state index is 12.0. The van der Waals surface area contributed by atoms with E-state index in [9.17, 15) is 4.79 Å². The van der Waals surface area contributed by atoms with Gasteiger partial charge in [0.2, 0.25) is 0 Å². The van der Waals surface area contributed by atoms with Crippen molar-refractivity contribution in [2.45, 2.75) is 33.7 Å². The Labute approximate surface area is 89.5 Å². The van der Waals surface area contributed by atoms with E-state index < -0.39 is 11.5 Å². The first kappa shape index (κ1) is 11.4. The van der Waals surface area contributed by atoms with Gasteiger partial charge in [0.25, 0.3) is 0 Å². The van der Waals surface area contributed by atoms with Crippen LogP contribution in [0.3, 0.4) is 0 Å². The van der Waals surface area contributed by atoms with Gasteiger partial charge in [0.05, 0.1) is 6.07 Å². The summed E-state index contributed by atoms with van der Waals surface area (Å²) in [6, 6.07) is 3.30. The highest BCUT2D eigenvalue weighted by Crippen LogP contribution is 2.21. The Bertz CT molecular complexity index is 406. The third-order valence-electron chi connectivity index (χ3n) is 2.14. The van der Waals surface area contributed by atoms with Crippen LogP contribution in [-0.2, 0) is 0 Å². The van der Waals surface area contributed by atoms with Crippen molar-refractivity contribution in [1.29, 1.82) is 5.26 Å². The summed E-state index contributed by atoms with van der Waals surface area (Å²) in [5.74, 6) is 0.00194. The van der Waals surface area contributed by atoms with Gasteiger partial charge in [-0.25, -0.2) is 4.68 Å². The second kappa shape index (κ2) is 3.85. The minimum atomic E-state index is -0.451. The summed E-state index contributed by atoms with van der Waals surface area (Å²) >= 11 is 0. The van der Waals surface area contributed by atoms with Gasteiger partial charge in [0, 0.05) is 11.6 Å². The number of aromatic nitrogens is 2. The van der Waals surface area contributed by atoms with Crippen molar-refractivity contribution in [2.24, 2.45) is 5.41 Å². The lowest BCUT2D eigenvalue weighted by molar-refractivity contribution is 0.0845. The molecule has 0 aliphatic heterocycles. The maximum Gasteiger partial charge on any atom is 0.186 e. The van der Waals surface area contributed by atoms with Crippen LogP contribution < -0.4 is 0 Å². The van der Waals surface area contributed by atoms with E-state index in [0.29, 0.717) is 5.69 Å². The van der Waals surface area contributed by atoms with Crippen molar-refractivity contribution in [1.82, 2.24) is 9.78 Å². The SMILES string of the molecule is CC(C#N)n1nccc1C(=O)C(C)(C)C. The molecule has 0 saturated carbocycles. The van der Waals surface area contributed by atoms with Crippen LogP contribution in [0.4, 0.5) is 0 Å². The predicted molar refractivity (Wildman–Crippen MR) is 56.3 cm³/mol. The van der Waals surface area contributed by atoms with Gasteiger partial charge < -0.3 is 0 Å². The molecule has 1 aromatic heterocycles. The number of nitriles is 1. The quantitative estimate of drug-likeness (QED) is 0.695. The lowest BCUT2D eigenvalue weighted by Crippen LogP contribution is -2.24. The van der Waals surface area contributed by atoms with Gasteiger partial charge in [0.15, 0.2) is 5.78 Å². The zero-order chi connectivity index (χ0) is 11.6. The second-order valence-electron chi connectivity index (χ2n) is 4.55. The van der Waals surface area contributed by atoms with E-state index >= 15 is 0 Å². The fraction of sp³-hybridized carbons (Fsp3) is 0.545. The van der Waals surface area contributed by atoms with Crippen LogP contribution in [-0.4, -0.2) is 15.6 Å². The number of hydrogen-bond acceptors (Lipinski definition) is 3. The Hall–Kier alpha value is -1.63. The molecule has 0 aromatic carbocycles. The van der Waals surface area contributed by atoms with Crippen LogP contribution >= 0.6 is 0 Å². The van der Waals surface area contributed by atoms with Gasteiger partial charge >= 0.3 is 0 Å². The van der Waals surface area contributed by atoms with Gasteiger partial charge in [-0.05, 0) is 13.0 Å². The first-order valence-corrected chi connectivity index (χ1v) is 4.86. The van der Waals surface area contributed by atoms with Crippen LogP contribution in [0.15, 0.2) is 12.3 Å². The van der Waals surface area contributed by atoms with E-state index in [2.05, 4.69) is 11.2 Å². The third-order valence-corrected chi connectivity index (χ3v) is 2.14. The Morgan fingerprint density at radius 2 is 2.20 bits per heavy atom. The minimum Gasteiger partial charge on any atom is -0.292 e. The molecule has 0 aliphatic rings. The maximum atomic E-state index is 12.0. The summed E-state index contributed by atoms with van der Waals surface area (Å²) in [7, 11) is 0. The number of Topliss-reactive ketones (excluding diaryl/α,β-unsaturated/α-hetero) is 1. The van der Waals surface area contributed by atoms with Crippen LogP contribution in [0, 0.1) is 16.7 Å². The fourth-order valence-electron chi connectivity index (χ4n) is 1.24. The average Bonchev–Trinajstić information content (AvgIpc) is 2.62. The molecule has 15 heavy (non-hydrogen) atoms. The van der Waals surface area contributed by atoms with Crippen LogP contribution in [0.2, 0.25) is 0 Å². The molecule has 1 heterocycles. The van der Waals surface area contributed by atoms with Crippen molar-refractivity contribution in [3.63, 3.8) is 0 Å². The number of carbonyl (C=O) groups is 1. The Kier molecular flexibility index (Phi) is 2.94. The standard InChI is InChI=1S/C11H15N3O/c1-8(7-12)14-9(5-6-13-14)10(15)11(2,3)4/h5-6,8H,1-4H3. The highest BCUT2D eigenvalue weighted by Gasteiger charge is 2.26. The van der Waals surface area contributed by atoms with E-state index in [0.717, 1.165) is 0 Å². The Morgan fingerprint density at radius 1 is 1.60 bits per heavy atom. The summed E-state index contributed by atoms with van der Waals surface area (Å²) in [5, 5.41) is 12.8. The molecule has 1 aromatic rings. The lowest BCUT2D eigenvalue weighted by Gasteiger charge is -2.17. The average molecular weight is 205 g/mol. The summed E-state index contributed by atoms with van der Waals surface area (Å²) in [6.07, 6.45) is 1.55. The van der Waals surface area contributed by atoms with Crippen LogP contribution in [0.1, 0.15) is 44.2 Å². The molecule has 1 atom stereocenters. The molecule has 4 heteroatoms. The highest BCUT2D eigenvalue weighted by molar-refractivity contribution is 5.98. The highest BCUT2D eigenvalue weighted by atomic mass is 16.1. The van der Waals surface area contributed by atoms with Gasteiger partial charge in [0.1, 0.15) is 11.7 Å². The number of carbonyl (C=O) groups excluding carboxylic acids is 1. The summed E-state index contributed by atoms with van der Waals surface area (Å²) < 4.78 is 1.47. The fourth-order valence-corrected chi connectivity index (χ4v) is 1.24. The normalized spacial score (nSPS) is 13.3. The van der Waals surface area contributed by atoms with Crippen molar-refractivity contribution in [3.05, 3.63) is 18.0 Å². The van der Waals surface area contributed by atoms with Crippen molar-refractivity contribution >= 4 is 5.78 Å². The topological polar surface area (TPSA) is 58.7 Å². The molecule has 0 bridgehead atoms. The van der Waals surface area contributed by atoms with E-state index in [1.807, 2.05) is 20.8 Å². The summed E-state index contributed by atoms with van der Waals surface area (Å²) in [4.78, 5) is 12.0. The molecule has 0 N–H and O–H groups in total. The molecule has 0 saturated heterocycles. The molecule has 1 rings (SSSR count). The molecular weight excluding hydrogens is 190 g/mol. The number of ketones is 1. The summed E-state index contributed by atoms with van der Waals surface area (Å²) in [6.45, 7) is 7.27. The smallest absolute Gasteiger partial charge is 0.186 e. The molecule has 1 unspecified atom stereocenters. The molecule has 0 aliphatic carbocycles.